The predicted octanol–water partition coefficient (Wildman–Crippen LogP) is -0.606. The van der Waals surface area contributed by atoms with Crippen molar-refractivity contribution >= 4 is 0 Å². The van der Waals surface area contributed by atoms with E-state index in [4.69, 9.17) is 0 Å². The molecule has 0 fully saturated rings. The van der Waals surface area contributed by atoms with Crippen LogP contribution in [-0.4, -0.2) is 8.11 Å². The van der Waals surface area contributed by atoms with Gasteiger partial charge in [0.25, 0.3) is 0 Å². The Morgan fingerprint density at radius 2 is 1.89 bits per heavy atom. The number of hydrogen-bond acceptors (Lipinski definition) is 0. The van der Waals surface area contributed by atoms with E-state index in [1.165, 1.54) is 0 Å². The van der Waals surface area contributed by atoms with Gasteiger partial charge < -0.3 is 0 Å². The van der Waals surface area contributed by atoms with E-state index in [-0.39, 0.29) is 3.92 Å². The summed E-state index contributed by atoms with van der Waals surface area (Å²) in [6.07, 6.45) is 0.646. The summed E-state index contributed by atoms with van der Waals surface area (Å²) in [4.78, 5) is 0. The molecule has 0 radical (unpaired) electrons. The first kappa shape index (κ1) is 9.52. The molecule has 0 N–H and O–H groups in total. The average Bonchev–Trinajstić information content (AvgIpc) is 1.62. The Labute approximate surface area is 63.1 Å². The summed E-state index contributed by atoms with van der Waals surface area (Å²) >= 11 is -1.58. The number of alkyl halides is 5. The van der Waals surface area contributed by atoms with E-state index in [1.807, 2.05) is 0 Å². The van der Waals surface area contributed by atoms with E-state index in [1.54, 1.807) is 13.8 Å². The fraction of sp³-hybridized carbons (Fsp3) is 1.00. The van der Waals surface area contributed by atoms with Crippen LogP contribution in [0.2, 0.25) is 0 Å². The Balaban J connectivity index is 3.47. The van der Waals surface area contributed by atoms with E-state index in [2.05, 4.69) is 0 Å². The van der Waals surface area contributed by atoms with Gasteiger partial charge in [-0.25, -0.2) is 0 Å². The fourth-order valence-electron chi connectivity index (χ4n) is 0.288. The molecule has 0 aromatic carbocycles. The predicted molar refractivity (Wildman–Crippen MR) is 25.8 cm³/mol. The van der Waals surface area contributed by atoms with Gasteiger partial charge in [-0.2, -0.15) is 0 Å². The molecule has 1 unspecified atom stereocenters. The van der Waals surface area contributed by atoms with Gasteiger partial charge in [-0.15, -0.1) is 0 Å². The number of halogens is 4. The molecule has 0 rings (SSSR count). The monoisotopic (exact) mass is 253 g/mol. The van der Waals surface area contributed by atoms with Crippen LogP contribution in [0.4, 0.5) is 13.2 Å². The third-order valence-electron chi connectivity index (χ3n) is 0.873. The van der Waals surface area contributed by atoms with Crippen molar-refractivity contribution in [2.45, 2.75) is 28.4 Å². The maximum absolute atomic E-state index is 11.5. The van der Waals surface area contributed by atoms with Crippen molar-refractivity contribution in [2.75, 3.05) is 0 Å². The molecule has 58 valence electrons. The molecular weight excluding hydrogens is 244 g/mol. The number of hydrogen-bond donors (Lipinski definition) is 0. The zero-order valence-corrected chi connectivity index (χ0v) is 7.45. The fourth-order valence-corrected chi connectivity index (χ4v) is 1.93. The van der Waals surface area contributed by atoms with Gasteiger partial charge in [0, 0.05) is 0 Å². The molecular formula is C5H9F3I-. The minimum absolute atomic E-state index is 0.121. The van der Waals surface area contributed by atoms with Crippen LogP contribution in [0.5, 0.6) is 0 Å². The Hall–Kier alpha value is 0.520. The second kappa shape index (κ2) is 3.63. The van der Waals surface area contributed by atoms with Gasteiger partial charge in [0.2, 0.25) is 0 Å². The van der Waals surface area contributed by atoms with Crippen LogP contribution in [0.25, 0.3) is 0 Å². The molecule has 0 spiro atoms. The van der Waals surface area contributed by atoms with Gasteiger partial charge in [0.15, 0.2) is 0 Å². The standard InChI is InChI=1S/C5H9F3I/c1-3-4(2)9-5(6,7)8/h4H,3H2,1-2H3/q-1. The van der Waals surface area contributed by atoms with Gasteiger partial charge in [-0.1, -0.05) is 0 Å². The molecule has 9 heavy (non-hydrogen) atoms. The van der Waals surface area contributed by atoms with Crippen molar-refractivity contribution in [3.63, 3.8) is 0 Å². The molecule has 0 aromatic heterocycles. The summed E-state index contributed by atoms with van der Waals surface area (Å²) < 4.78 is 30.6. The second-order valence-corrected chi connectivity index (χ2v) is 5.70. The van der Waals surface area contributed by atoms with Crippen molar-refractivity contribution in [1.29, 1.82) is 0 Å². The third kappa shape index (κ3) is 6.40. The molecule has 0 amide bonds. The first-order valence-electron chi connectivity index (χ1n) is 2.67. The first-order valence-corrected chi connectivity index (χ1v) is 4.99. The van der Waals surface area contributed by atoms with Gasteiger partial charge in [0.1, 0.15) is 0 Å². The van der Waals surface area contributed by atoms with Crippen LogP contribution in [0, 0.1) is 0 Å². The quantitative estimate of drug-likeness (QED) is 0.455. The topological polar surface area (TPSA) is 0 Å². The molecule has 0 aliphatic heterocycles. The second-order valence-electron chi connectivity index (χ2n) is 1.73. The van der Waals surface area contributed by atoms with E-state index < -0.39 is 25.4 Å². The zero-order valence-electron chi connectivity index (χ0n) is 5.30. The molecule has 0 aliphatic carbocycles. The molecule has 4 heteroatoms. The Kier molecular flexibility index (Phi) is 3.84. The zero-order chi connectivity index (χ0) is 7.49. The molecule has 1 atom stereocenters. The van der Waals surface area contributed by atoms with Crippen LogP contribution in [0.3, 0.4) is 0 Å². The van der Waals surface area contributed by atoms with E-state index in [0.29, 0.717) is 6.42 Å². The summed E-state index contributed by atoms with van der Waals surface area (Å²) in [7, 11) is 0. The molecule has 0 nitrogen and oxygen atoms in total. The molecule has 0 heterocycles. The van der Waals surface area contributed by atoms with Crippen LogP contribution in [0.1, 0.15) is 20.3 Å². The van der Waals surface area contributed by atoms with Crippen molar-refractivity contribution in [3.05, 3.63) is 0 Å². The first-order chi connectivity index (χ1) is 3.95. The Morgan fingerprint density at radius 1 is 1.44 bits per heavy atom. The summed E-state index contributed by atoms with van der Waals surface area (Å²) in [5, 5.41) is 0. The van der Waals surface area contributed by atoms with Gasteiger partial charge in [0.05, 0.1) is 0 Å². The number of rotatable bonds is 2. The SMILES string of the molecule is CCC(C)[I-]C(F)(F)F. The normalized spacial score (nSPS) is 16.1. The molecule has 0 aromatic rings. The van der Waals surface area contributed by atoms with Gasteiger partial charge in [-0.3, -0.25) is 0 Å². The molecule has 0 aliphatic rings. The average molecular weight is 253 g/mol. The van der Waals surface area contributed by atoms with Gasteiger partial charge >= 0.3 is 62.8 Å². The Morgan fingerprint density at radius 3 is 2.00 bits per heavy atom. The summed E-state index contributed by atoms with van der Waals surface area (Å²) in [5.41, 5.74) is 0. The Bertz CT molecular complexity index is 78.8. The summed E-state index contributed by atoms with van der Waals surface area (Å²) in [5.74, 6) is 0. The van der Waals surface area contributed by atoms with E-state index in [9.17, 15) is 13.2 Å². The molecule has 0 saturated heterocycles. The minimum atomic E-state index is -3.87. The summed E-state index contributed by atoms with van der Waals surface area (Å²) in [6, 6.07) is 0. The van der Waals surface area contributed by atoms with Crippen LogP contribution >= 0.6 is 0 Å². The summed E-state index contributed by atoms with van der Waals surface area (Å²) in [6.45, 7) is 3.44. The van der Waals surface area contributed by atoms with Crippen molar-refractivity contribution in [2.24, 2.45) is 0 Å². The van der Waals surface area contributed by atoms with E-state index in [0.717, 1.165) is 0 Å². The van der Waals surface area contributed by atoms with Crippen LogP contribution in [-0.2, 0) is 0 Å². The molecule has 0 saturated carbocycles. The maximum atomic E-state index is 11.5. The van der Waals surface area contributed by atoms with Crippen LogP contribution < -0.4 is 21.2 Å². The molecule has 0 bridgehead atoms. The third-order valence-corrected chi connectivity index (χ3v) is 3.52. The van der Waals surface area contributed by atoms with Crippen molar-refractivity contribution < 1.29 is 34.4 Å². The van der Waals surface area contributed by atoms with Crippen molar-refractivity contribution in [3.8, 4) is 0 Å². The van der Waals surface area contributed by atoms with Crippen molar-refractivity contribution in [1.82, 2.24) is 0 Å². The van der Waals surface area contributed by atoms with E-state index >= 15 is 0 Å². The van der Waals surface area contributed by atoms with Crippen LogP contribution in [0.15, 0.2) is 0 Å². The van der Waals surface area contributed by atoms with Gasteiger partial charge in [-0.05, 0) is 0 Å².